The minimum Gasteiger partial charge on any atom is -0.301 e. The average Bonchev–Trinajstić information content (AvgIpc) is 2.24. The van der Waals surface area contributed by atoms with Crippen molar-refractivity contribution >= 4 is 12.4 Å². The molecule has 4 aliphatic carbocycles. The second kappa shape index (κ2) is 5.56. The first-order valence-corrected chi connectivity index (χ1v) is 8.19. The van der Waals surface area contributed by atoms with Crippen molar-refractivity contribution in [3.8, 4) is 0 Å². The van der Waals surface area contributed by atoms with E-state index < -0.39 is 0 Å². The van der Waals surface area contributed by atoms with Crippen molar-refractivity contribution in [2.24, 2.45) is 23.2 Å². The van der Waals surface area contributed by atoms with Crippen LogP contribution in [0.3, 0.4) is 0 Å². The predicted octanol–water partition coefficient (Wildman–Crippen LogP) is 4.74. The van der Waals surface area contributed by atoms with Gasteiger partial charge in [0.2, 0.25) is 0 Å². The average molecular weight is 286 g/mol. The van der Waals surface area contributed by atoms with E-state index in [0.29, 0.717) is 6.04 Å². The van der Waals surface area contributed by atoms with Gasteiger partial charge in [-0.3, -0.25) is 0 Å². The van der Waals surface area contributed by atoms with Gasteiger partial charge in [0.15, 0.2) is 0 Å². The van der Waals surface area contributed by atoms with Crippen molar-refractivity contribution in [2.75, 3.05) is 7.05 Å². The van der Waals surface area contributed by atoms with Crippen molar-refractivity contribution in [2.45, 2.75) is 77.8 Å². The Morgan fingerprint density at radius 3 is 1.74 bits per heavy atom. The summed E-state index contributed by atoms with van der Waals surface area (Å²) in [5.74, 6) is 3.31. The predicted molar refractivity (Wildman–Crippen MR) is 84.8 cm³/mol. The van der Waals surface area contributed by atoms with Crippen molar-refractivity contribution in [3.05, 3.63) is 0 Å². The first-order chi connectivity index (χ1) is 8.47. The van der Waals surface area contributed by atoms with Crippen molar-refractivity contribution < 1.29 is 0 Å². The highest BCUT2D eigenvalue weighted by Gasteiger charge is 2.51. The molecule has 4 saturated carbocycles. The van der Waals surface area contributed by atoms with Gasteiger partial charge in [-0.1, -0.05) is 0 Å². The van der Waals surface area contributed by atoms with Gasteiger partial charge in [0, 0.05) is 12.1 Å². The maximum atomic E-state index is 2.58. The summed E-state index contributed by atoms with van der Waals surface area (Å²) < 4.78 is 0. The Morgan fingerprint density at radius 1 is 0.947 bits per heavy atom. The molecule has 4 rings (SSSR count). The van der Waals surface area contributed by atoms with Crippen molar-refractivity contribution in [1.29, 1.82) is 0 Å². The Kier molecular flexibility index (Phi) is 4.58. The van der Waals surface area contributed by atoms with Crippen LogP contribution in [0.25, 0.3) is 0 Å². The molecule has 0 aromatic rings. The highest BCUT2D eigenvalue weighted by molar-refractivity contribution is 5.85. The first kappa shape index (κ1) is 15.6. The molecule has 4 fully saturated rings. The van der Waals surface area contributed by atoms with Gasteiger partial charge < -0.3 is 4.90 Å². The van der Waals surface area contributed by atoms with Crippen LogP contribution in [-0.2, 0) is 0 Å². The molecule has 4 bridgehead atoms. The summed E-state index contributed by atoms with van der Waals surface area (Å²) in [6.45, 7) is 7.12. The molecule has 2 heteroatoms. The molecule has 0 spiro atoms. The largest absolute Gasteiger partial charge is 0.301 e. The van der Waals surface area contributed by atoms with Crippen LogP contribution < -0.4 is 0 Å². The van der Waals surface area contributed by atoms with Crippen LogP contribution in [0.2, 0.25) is 0 Å². The van der Waals surface area contributed by atoms with Gasteiger partial charge in [-0.2, -0.15) is 0 Å². The van der Waals surface area contributed by atoms with Gasteiger partial charge in [0.25, 0.3) is 0 Å². The van der Waals surface area contributed by atoms with E-state index in [0.717, 1.165) is 29.2 Å². The first-order valence-electron chi connectivity index (χ1n) is 8.19. The Labute approximate surface area is 125 Å². The van der Waals surface area contributed by atoms with Gasteiger partial charge >= 0.3 is 0 Å². The van der Waals surface area contributed by atoms with Gasteiger partial charge in [-0.25, -0.2) is 0 Å². The van der Waals surface area contributed by atoms with Crippen LogP contribution in [0.5, 0.6) is 0 Å². The zero-order valence-electron chi connectivity index (χ0n) is 13.2. The standard InChI is InChI=1S/C17H31N.ClH/c1-12(2)18(4)13(3)8-17-9-14-5-15(10-17)7-16(6-14)11-17;/h12-16H,5-11H2,1-4H3;1H. The fourth-order valence-corrected chi connectivity index (χ4v) is 5.82. The van der Waals surface area contributed by atoms with Gasteiger partial charge in [-0.15, -0.1) is 12.4 Å². The van der Waals surface area contributed by atoms with E-state index in [9.17, 15) is 0 Å². The fourth-order valence-electron chi connectivity index (χ4n) is 5.82. The molecule has 1 nitrogen and oxygen atoms in total. The van der Waals surface area contributed by atoms with Crippen LogP contribution in [0, 0.1) is 23.2 Å². The molecule has 0 N–H and O–H groups in total. The molecule has 0 aliphatic heterocycles. The zero-order chi connectivity index (χ0) is 12.9. The van der Waals surface area contributed by atoms with E-state index in [-0.39, 0.29) is 12.4 Å². The molecule has 112 valence electrons. The molecule has 4 aliphatic rings. The maximum absolute atomic E-state index is 2.58. The Hall–Kier alpha value is 0.250. The molecule has 19 heavy (non-hydrogen) atoms. The molecule has 1 atom stereocenters. The summed E-state index contributed by atoms with van der Waals surface area (Å²) >= 11 is 0. The molecular weight excluding hydrogens is 254 g/mol. The Bertz CT molecular complexity index is 277. The Morgan fingerprint density at radius 2 is 1.37 bits per heavy atom. The maximum Gasteiger partial charge on any atom is 0.00718 e. The second-order valence-corrected chi connectivity index (χ2v) is 8.23. The van der Waals surface area contributed by atoms with E-state index in [1.807, 2.05) is 0 Å². The lowest BCUT2D eigenvalue weighted by Crippen LogP contribution is -2.49. The Balaban J connectivity index is 0.00000133. The summed E-state index contributed by atoms with van der Waals surface area (Å²) in [7, 11) is 2.32. The molecule has 0 heterocycles. The fraction of sp³-hybridized carbons (Fsp3) is 1.00. The molecule has 0 saturated heterocycles. The molecule has 1 unspecified atom stereocenters. The third kappa shape index (κ3) is 2.97. The number of rotatable bonds is 4. The van der Waals surface area contributed by atoms with E-state index in [4.69, 9.17) is 0 Å². The third-order valence-corrected chi connectivity index (χ3v) is 6.40. The van der Waals surface area contributed by atoms with E-state index in [1.54, 1.807) is 38.5 Å². The SMILES string of the molecule is CC(C)N(C)C(C)CC12CC3CC(CC(C3)C1)C2.Cl. The molecule has 0 aromatic heterocycles. The summed E-state index contributed by atoms with van der Waals surface area (Å²) in [5.41, 5.74) is 0.747. The minimum absolute atomic E-state index is 0. The topological polar surface area (TPSA) is 3.24 Å². The quantitative estimate of drug-likeness (QED) is 0.721. The highest BCUT2D eigenvalue weighted by atomic mass is 35.5. The lowest BCUT2D eigenvalue weighted by atomic mass is 9.48. The van der Waals surface area contributed by atoms with E-state index >= 15 is 0 Å². The van der Waals surface area contributed by atoms with Gasteiger partial charge in [-0.05, 0) is 95.9 Å². The van der Waals surface area contributed by atoms with Crippen molar-refractivity contribution in [1.82, 2.24) is 4.90 Å². The normalized spacial score (nSPS) is 41.7. The van der Waals surface area contributed by atoms with Crippen LogP contribution in [0.15, 0.2) is 0 Å². The molecule has 0 aromatic carbocycles. The van der Waals surface area contributed by atoms with Gasteiger partial charge in [0.1, 0.15) is 0 Å². The highest BCUT2D eigenvalue weighted by Crippen LogP contribution is 2.61. The summed E-state index contributed by atoms with van der Waals surface area (Å²) in [5, 5.41) is 0. The van der Waals surface area contributed by atoms with Crippen LogP contribution in [0.1, 0.15) is 65.7 Å². The second-order valence-electron chi connectivity index (χ2n) is 8.23. The molecule has 0 amide bonds. The molecular formula is C17H32ClN. The van der Waals surface area contributed by atoms with E-state index in [1.165, 1.54) is 6.42 Å². The zero-order valence-corrected chi connectivity index (χ0v) is 14.0. The number of hydrogen-bond acceptors (Lipinski definition) is 1. The lowest BCUT2D eigenvalue weighted by Gasteiger charge is -2.58. The van der Waals surface area contributed by atoms with Crippen LogP contribution >= 0.6 is 12.4 Å². The monoisotopic (exact) mass is 285 g/mol. The molecule has 0 radical (unpaired) electrons. The number of nitrogens with zero attached hydrogens (tertiary/aromatic N) is 1. The summed E-state index contributed by atoms with van der Waals surface area (Å²) in [6, 6.07) is 1.45. The number of halogens is 1. The van der Waals surface area contributed by atoms with Crippen molar-refractivity contribution in [3.63, 3.8) is 0 Å². The van der Waals surface area contributed by atoms with E-state index in [2.05, 4.69) is 32.7 Å². The minimum atomic E-state index is 0. The third-order valence-electron chi connectivity index (χ3n) is 6.40. The van der Waals surface area contributed by atoms with Crippen LogP contribution in [-0.4, -0.2) is 24.0 Å². The summed E-state index contributed by atoms with van der Waals surface area (Å²) in [6.07, 6.45) is 10.9. The summed E-state index contributed by atoms with van der Waals surface area (Å²) in [4.78, 5) is 2.58. The smallest absolute Gasteiger partial charge is 0.00718 e. The number of hydrogen-bond donors (Lipinski definition) is 0. The van der Waals surface area contributed by atoms with Crippen LogP contribution in [0.4, 0.5) is 0 Å². The van der Waals surface area contributed by atoms with Gasteiger partial charge in [0.05, 0.1) is 0 Å². The lowest BCUT2D eigenvalue weighted by molar-refractivity contribution is -0.0685.